The Morgan fingerprint density at radius 3 is 1.80 bits per heavy atom. The molecule has 0 amide bonds. The SMILES string of the molecule is O=S(=O)(c1ccccc1)c1nc(-c2ccccc2F)oc1N1CCN(C(c2ccccc2)c2ccccc2)CC1. The molecule has 2 heterocycles. The number of nitrogens with zero attached hydrogens (tertiary/aromatic N) is 3. The number of halogens is 1. The van der Waals surface area contributed by atoms with Crippen molar-refractivity contribution in [3.05, 3.63) is 132 Å². The number of rotatable bonds is 7. The van der Waals surface area contributed by atoms with Crippen molar-refractivity contribution < 1.29 is 17.2 Å². The number of sulfone groups is 1. The van der Waals surface area contributed by atoms with Crippen LogP contribution in [0.25, 0.3) is 11.5 Å². The summed E-state index contributed by atoms with van der Waals surface area (Å²) in [7, 11) is -4.02. The van der Waals surface area contributed by atoms with E-state index in [-0.39, 0.29) is 33.3 Å². The first-order valence-electron chi connectivity index (χ1n) is 13.2. The van der Waals surface area contributed by atoms with Crippen molar-refractivity contribution in [1.82, 2.24) is 9.88 Å². The summed E-state index contributed by atoms with van der Waals surface area (Å²) in [6, 6.07) is 35.0. The van der Waals surface area contributed by atoms with E-state index in [1.807, 2.05) is 41.3 Å². The van der Waals surface area contributed by atoms with E-state index in [1.54, 1.807) is 30.3 Å². The fraction of sp³-hybridized carbons (Fsp3) is 0.156. The average molecular weight is 554 g/mol. The summed E-state index contributed by atoms with van der Waals surface area (Å²) in [6.07, 6.45) is 0. The van der Waals surface area contributed by atoms with Gasteiger partial charge in [-0.05, 0) is 35.4 Å². The van der Waals surface area contributed by atoms with Gasteiger partial charge in [0.1, 0.15) is 5.82 Å². The summed E-state index contributed by atoms with van der Waals surface area (Å²) in [5.74, 6) is -0.452. The Bertz CT molecular complexity index is 1650. The Kier molecular flexibility index (Phi) is 7.19. The van der Waals surface area contributed by atoms with E-state index in [1.165, 1.54) is 35.4 Å². The number of hydrogen-bond acceptors (Lipinski definition) is 6. The monoisotopic (exact) mass is 553 g/mol. The number of hydrogen-bond donors (Lipinski definition) is 0. The molecule has 0 radical (unpaired) electrons. The van der Waals surface area contributed by atoms with Crippen LogP contribution in [0.5, 0.6) is 0 Å². The van der Waals surface area contributed by atoms with Crippen LogP contribution in [0.1, 0.15) is 17.2 Å². The Morgan fingerprint density at radius 1 is 0.700 bits per heavy atom. The number of oxazole rings is 1. The zero-order chi connectivity index (χ0) is 27.5. The zero-order valence-electron chi connectivity index (χ0n) is 21.7. The van der Waals surface area contributed by atoms with Gasteiger partial charge in [0.15, 0.2) is 0 Å². The molecule has 6 nitrogen and oxygen atoms in total. The lowest BCUT2D eigenvalue weighted by Gasteiger charge is -2.39. The van der Waals surface area contributed by atoms with Gasteiger partial charge in [-0.3, -0.25) is 4.90 Å². The fourth-order valence-electron chi connectivity index (χ4n) is 5.20. The summed E-state index contributed by atoms with van der Waals surface area (Å²) in [5, 5.41) is -0.201. The standard InChI is InChI=1S/C32H28FN3O3S/c33-28-19-11-10-18-27(28)30-34-31(40(37,38)26-16-8-3-9-17-26)32(39-30)36-22-20-35(21-23-36)29(24-12-4-1-5-13-24)25-14-6-2-7-15-25/h1-19,29H,20-23H2. The summed E-state index contributed by atoms with van der Waals surface area (Å²) in [4.78, 5) is 8.76. The molecule has 1 aliphatic rings. The minimum atomic E-state index is -4.02. The summed E-state index contributed by atoms with van der Waals surface area (Å²) < 4.78 is 48.2. The van der Waals surface area contributed by atoms with Crippen LogP contribution >= 0.6 is 0 Å². The number of piperazine rings is 1. The van der Waals surface area contributed by atoms with Gasteiger partial charge in [-0.15, -0.1) is 0 Å². The molecule has 1 fully saturated rings. The molecule has 6 rings (SSSR count). The van der Waals surface area contributed by atoms with Gasteiger partial charge in [-0.1, -0.05) is 91.0 Å². The quantitative estimate of drug-likeness (QED) is 0.238. The molecule has 1 aliphatic heterocycles. The normalized spacial score (nSPS) is 14.5. The van der Waals surface area contributed by atoms with Crippen LogP contribution in [-0.2, 0) is 9.84 Å². The third-order valence-electron chi connectivity index (χ3n) is 7.19. The predicted octanol–water partition coefficient (Wildman–Crippen LogP) is 6.23. The minimum absolute atomic E-state index is 0.0563. The molecule has 1 aromatic heterocycles. The van der Waals surface area contributed by atoms with Crippen LogP contribution in [-0.4, -0.2) is 44.5 Å². The Morgan fingerprint density at radius 2 is 1.23 bits per heavy atom. The van der Waals surface area contributed by atoms with Crippen LogP contribution in [0.2, 0.25) is 0 Å². The largest absolute Gasteiger partial charge is 0.419 e. The molecule has 4 aromatic carbocycles. The van der Waals surface area contributed by atoms with Gasteiger partial charge in [0, 0.05) is 26.2 Å². The van der Waals surface area contributed by atoms with Gasteiger partial charge >= 0.3 is 0 Å². The molecule has 0 atom stereocenters. The number of aromatic nitrogens is 1. The lowest BCUT2D eigenvalue weighted by molar-refractivity contribution is 0.209. The Balaban J connectivity index is 1.35. The van der Waals surface area contributed by atoms with Gasteiger partial charge in [-0.2, -0.15) is 4.98 Å². The van der Waals surface area contributed by atoms with Gasteiger partial charge in [-0.25, -0.2) is 12.8 Å². The van der Waals surface area contributed by atoms with Gasteiger partial charge in [0.25, 0.3) is 0 Å². The molecular weight excluding hydrogens is 525 g/mol. The van der Waals surface area contributed by atoms with E-state index in [0.717, 1.165) is 0 Å². The lowest BCUT2D eigenvalue weighted by atomic mass is 9.96. The minimum Gasteiger partial charge on any atom is -0.419 e. The topological polar surface area (TPSA) is 66.7 Å². The molecule has 8 heteroatoms. The second kappa shape index (κ2) is 11.1. The summed E-state index contributed by atoms with van der Waals surface area (Å²) in [6.45, 7) is 2.35. The van der Waals surface area contributed by atoms with Crippen LogP contribution in [0.3, 0.4) is 0 Å². The first kappa shape index (κ1) is 26.0. The molecule has 0 bridgehead atoms. The smallest absolute Gasteiger partial charge is 0.236 e. The highest BCUT2D eigenvalue weighted by molar-refractivity contribution is 7.91. The van der Waals surface area contributed by atoms with Crippen LogP contribution in [0.15, 0.2) is 130 Å². The van der Waals surface area contributed by atoms with Gasteiger partial charge in [0.2, 0.25) is 26.6 Å². The van der Waals surface area contributed by atoms with Crippen molar-refractivity contribution >= 4 is 15.7 Å². The number of benzene rings is 4. The van der Waals surface area contributed by atoms with E-state index in [4.69, 9.17) is 4.42 Å². The Hall–Kier alpha value is -4.27. The van der Waals surface area contributed by atoms with Crippen LogP contribution in [0, 0.1) is 5.82 Å². The van der Waals surface area contributed by atoms with Crippen LogP contribution in [0.4, 0.5) is 10.3 Å². The van der Waals surface area contributed by atoms with E-state index >= 15 is 0 Å². The van der Waals surface area contributed by atoms with E-state index in [2.05, 4.69) is 34.1 Å². The highest BCUT2D eigenvalue weighted by Gasteiger charge is 2.34. The highest BCUT2D eigenvalue weighted by atomic mass is 32.2. The Labute approximate surface area is 233 Å². The first-order valence-corrected chi connectivity index (χ1v) is 14.7. The maximum atomic E-state index is 14.7. The van der Waals surface area contributed by atoms with Gasteiger partial charge in [0.05, 0.1) is 16.5 Å². The molecule has 1 saturated heterocycles. The molecule has 0 saturated carbocycles. The number of anilines is 1. The predicted molar refractivity (Wildman–Crippen MR) is 152 cm³/mol. The maximum Gasteiger partial charge on any atom is 0.236 e. The lowest BCUT2D eigenvalue weighted by Crippen LogP contribution is -2.48. The second-order valence-corrected chi connectivity index (χ2v) is 11.5. The van der Waals surface area contributed by atoms with Crippen molar-refractivity contribution in [2.45, 2.75) is 16.0 Å². The van der Waals surface area contributed by atoms with Crippen molar-refractivity contribution in [3.8, 4) is 11.5 Å². The van der Waals surface area contributed by atoms with Crippen molar-refractivity contribution in [3.63, 3.8) is 0 Å². The van der Waals surface area contributed by atoms with Crippen LogP contribution < -0.4 is 4.90 Å². The van der Waals surface area contributed by atoms with Gasteiger partial charge < -0.3 is 9.32 Å². The third-order valence-corrected chi connectivity index (χ3v) is 8.86. The van der Waals surface area contributed by atoms with E-state index < -0.39 is 15.7 Å². The molecule has 5 aromatic rings. The summed E-state index contributed by atoms with van der Waals surface area (Å²) >= 11 is 0. The van der Waals surface area contributed by atoms with E-state index in [0.29, 0.717) is 26.2 Å². The first-order chi connectivity index (χ1) is 19.5. The molecule has 202 valence electrons. The van der Waals surface area contributed by atoms with Crippen molar-refractivity contribution in [1.29, 1.82) is 0 Å². The molecule has 0 unspecified atom stereocenters. The molecule has 40 heavy (non-hydrogen) atoms. The molecule has 0 spiro atoms. The fourth-order valence-corrected chi connectivity index (χ4v) is 6.54. The average Bonchev–Trinajstić information content (AvgIpc) is 3.46. The second-order valence-electron chi connectivity index (χ2n) is 9.67. The zero-order valence-corrected chi connectivity index (χ0v) is 22.5. The highest BCUT2D eigenvalue weighted by Crippen LogP contribution is 2.37. The molecule has 0 aliphatic carbocycles. The molecule has 0 N–H and O–H groups in total. The van der Waals surface area contributed by atoms with Crippen molar-refractivity contribution in [2.75, 3.05) is 31.1 Å². The molecular formula is C32H28FN3O3S. The third kappa shape index (κ3) is 5.03. The maximum absolute atomic E-state index is 14.7. The van der Waals surface area contributed by atoms with E-state index in [9.17, 15) is 12.8 Å². The summed E-state index contributed by atoms with van der Waals surface area (Å²) in [5.41, 5.74) is 2.50. The van der Waals surface area contributed by atoms with Crippen molar-refractivity contribution in [2.24, 2.45) is 0 Å².